The number of nitrogens with one attached hydrogen (secondary N) is 1. The standard InChI is InChI=1S/C15H16ClN3OS/c1-9-4-6-11(7-5-9)10(2)18-14(20)13-12(16)8-17-15(19-13)21-3/h4-8,10H,1-3H3,(H,18,20). The highest BCUT2D eigenvalue weighted by Crippen LogP contribution is 2.18. The van der Waals surface area contributed by atoms with E-state index in [4.69, 9.17) is 11.6 Å². The molecule has 1 aromatic carbocycles. The Labute approximate surface area is 133 Å². The summed E-state index contributed by atoms with van der Waals surface area (Å²) >= 11 is 7.37. The summed E-state index contributed by atoms with van der Waals surface area (Å²) in [6.07, 6.45) is 3.30. The number of thioether (sulfide) groups is 1. The molecule has 6 heteroatoms. The van der Waals surface area contributed by atoms with Gasteiger partial charge in [0, 0.05) is 0 Å². The lowest BCUT2D eigenvalue weighted by atomic mass is 10.1. The van der Waals surface area contributed by atoms with E-state index in [-0.39, 0.29) is 22.7 Å². The van der Waals surface area contributed by atoms with E-state index in [1.165, 1.54) is 23.5 Å². The number of carbonyl (C=O) groups is 1. The van der Waals surface area contributed by atoms with E-state index in [2.05, 4.69) is 15.3 Å². The summed E-state index contributed by atoms with van der Waals surface area (Å²) in [7, 11) is 0. The van der Waals surface area contributed by atoms with Gasteiger partial charge in [0.25, 0.3) is 5.91 Å². The number of hydrogen-bond acceptors (Lipinski definition) is 4. The van der Waals surface area contributed by atoms with Crippen molar-refractivity contribution >= 4 is 29.3 Å². The molecular formula is C15H16ClN3OS. The first-order valence-electron chi connectivity index (χ1n) is 6.45. The number of aromatic nitrogens is 2. The third kappa shape index (κ3) is 3.95. The van der Waals surface area contributed by atoms with E-state index in [1.54, 1.807) is 0 Å². The number of amides is 1. The highest BCUT2D eigenvalue weighted by atomic mass is 35.5. The van der Waals surface area contributed by atoms with Crippen molar-refractivity contribution in [1.29, 1.82) is 0 Å². The van der Waals surface area contributed by atoms with Crippen LogP contribution in [0.25, 0.3) is 0 Å². The normalized spacial score (nSPS) is 12.0. The quantitative estimate of drug-likeness (QED) is 0.690. The van der Waals surface area contributed by atoms with Crippen LogP contribution in [0.2, 0.25) is 5.02 Å². The van der Waals surface area contributed by atoms with Crippen molar-refractivity contribution in [3.05, 3.63) is 52.3 Å². The van der Waals surface area contributed by atoms with Gasteiger partial charge >= 0.3 is 0 Å². The van der Waals surface area contributed by atoms with Gasteiger partial charge in [-0.25, -0.2) is 9.97 Å². The molecule has 1 unspecified atom stereocenters. The lowest BCUT2D eigenvalue weighted by Gasteiger charge is -2.15. The minimum atomic E-state index is -0.300. The molecular weight excluding hydrogens is 306 g/mol. The average molecular weight is 322 g/mol. The highest BCUT2D eigenvalue weighted by molar-refractivity contribution is 7.98. The van der Waals surface area contributed by atoms with Gasteiger partial charge < -0.3 is 5.32 Å². The first-order valence-corrected chi connectivity index (χ1v) is 8.05. The first kappa shape index (κ1) is 15.8. The van der Waals surface area contributed by atoms with Gasteiger partial charge in [-0.05, 0) is 25.7 Å². The zero-order valence-electron chi connectivity index (χ0n) is 12.1. The monoisotopic (exact) mass is 321 g/mol. The van der Waals surface area contributed by atoms with Gasteiger partial charge in [-0.3, -0.25) is 4.79 Å². The Balaban J connectivity index is 2.15. The van der Waals surface area contributed by atoms with Crippen LogP contribution < -0.4 is 5.32 Å². The molecule has 0 saturated carbocycles. The summed E-state index contributed by atoms with van der Waals surface area (Å²) in [4.78, 5) is 20.5. The van der Waals surface area contributed by atoms with E-state index in [9.17, 15) is 4.79 Å². The van der Waals surface area contributed by atoms with Crippen LogP contribution in [0.4, 0.5) is 0 Å². The van der Waals surface area contributed by atoms with E-state index in [0.29, 0.717) is 5.16 Å². The van der Waals surface area contributed by atoms with Crippen LogP contribution >= 0.6 is 23.4 Å². The summed E-state index contributed by atoms with van der Waals surface area (Å²) in [5, 5.41) is 3.67. The SMILES string of the molecule is CSc1ncc(Cl)c(C(=O)NC(C)c2ccc(C)cc2)n1. The van der Waals surface area contributed by atoms with Crippen molar-refractivity contribution in [3.8, 4) is 0 Å². The second kappa shape index (κ2) is 6.91. The molecule has 0 fully saturated rings. The fourth-order valence-corrected chi connectivity index (χ4v) is 2.33. The fourth-order valence-electron chi connectivity index (χ4n) is 1.81. The van der Waals surface area contributed by atoms with E-state index in [0.717, 1.165) is 5.56 Å². The zero-order chi connectivity index (χ0) is 15.4. The topological polar surface area (TPSA) is 54.9 Å². The van der Waals surface area contributed by atoms with Crippen molar-refractivity contribution in [2.24, 2.45) is 0 Å². The van der Waals surface area contributed by atoms with Crippen LogP contribution in [0.1, 0.15) is 34.6 Å². The van der Waals surface area contributed by atoms with Crippen LogP contribution in [-0.4, -0.2) is 22.1 Å². The molecule has 110 valence electrons. The maximum Gasteiger partial charge on any atom is 0.272 e. The number of hydrogen-bond donors (Lipinski definition) is 1. The molecule has 2 aromatic rings. The minimum Gasteiger partial charge on any atom is -0.344 e. The molecule has 1 atom stereocenters. The van der Waals surface area contributed by atoms with Gasteiger partial charge in [-0.15, -0.1) is 0 Å². The predicted molar refractivity (Wildman–Crippen MR) is 85.9 cm³/mol. The van der Waals surface area contributed by atoms with Crippen molar-refractivity contribution < 1.29 is 4.79 Å². The molecule has 1 N–H and O–H groups in total. The van der Waals surface area contributed by atoms with Crippen LogP contribution in [0, 0.1) is 6.92 Å². The van der Waals surface area contributed by atoms with Crippen LogP contribution in [0.15, 0.2) is 35.6 Å². The Kier molecular flexibility index (Phi) is 5.20. The Morgan fingerprint density at radius 1 is 1.33 bits per heavy atom. The molecule has 0 bridgehead atoms. The number of benzene rings is 1. The molecule has 4 nitrogen and oxygen atoms in total. The minimum absolute atomic E-state index is 0.123. The Bertz CT molecular complexity index is 646. The molecule has 0 aliphatic heterocycles. The predicted octanol–water partition coefficient (Wildman–Crippen LogP) is 3.65. The Hall–Kier alpha value is -1.59. The van der Waals surface area contributed by atoms with Crippen molar-refractivity contribution in [1.82, 2.24) is 15.3 Å². The highest BCUT2D eigenvalue weighted by Gasteiger charge is 2.17. The van der Waals surface area contributed by atoms with Gasteiger partial charge in [0.1, 0.15) is 0 Å². The first-order chi connectivity index (χ1) is 10.0. The third-order valence-electron chi connectivity index (χ3n) is 3.04. The number of aryl methyl sites for hydroxylation is 1. The second-order valence-electron chi connectivity index (χ2n) is 4.66. The van der Waals surface area contributed by atoms with Crippen molar-refractivity contribution in [2.75, 3.05) is 6.26 Å². The Morgan fingerprint density at radius 2 is 2.00 bits per heavy atom. The van der Waals surface area contributed by atoms with E-state index >= 15 is 0 Å². The molecule has 1 heterocycles. The van der Waals surface area contributed by atoms with Gasteiger partial charge in [0.05, 0.1) is 17.3 Å². The largest absolute Gasteiger partial charge is 0.344 e. The van der Waals surface area contributed by atoms with Gasteiger partial charge in [-0.1, -0.05) is 53.2 Å². The zero-order valence-corrected chi connectivity index (χ0v) is 13.6. The van der Waals surface area contributed by atoms with Crippen LogP contribution in [0.5, 0.6) is 0 Å². The van der Waals surface area contributed by atoms with Gasteiger partial charge in [0.2, 0.25) is 0 Å². The van der Waals surface area contributed by atoms with E-state index in [1.807, 2.05) is 44.4 Å². The number of carbonyl (C=O) groups excluding carboxylic acids is 1. The lowest BCUT2D eigenvalue weighted by molar-refractivity contribution is 0.0934. The number of halogens is 1. The Morgan fingerprint density at radius 3 is 2.62 bits per heavy atom. The number of nitrogens with zero attached hydrogens (tertiary/aromatic N) is 2. The maximum atomic E-state index is 12.3. The van der Waals surface area contributed by atoms with Crippen molar-refractivity contribution in [3.63, 3.8) is 0 Å². The molecule has 1 aromatic heterocycles. The van der Waals surface area contributed by atoms with E-state index < -0.39 is 0 Å². The summed E-state index contributed by atoms with van der Waals surface area (Å²) in [5.41, 5.74) is 2.42. The smallest absolute Gasteiger partial charge is 0.272 e. The summed E-state index contributed by atoms with van der Waals surface area (Å²) in [6, 6.07) is 7.90. The summed E-state index contributed by atoms with van der Waals surface area (Å²) < 4.78 is 0. The molecule has 1 amide bonds. The maximum absolute atomic E-state index is 12.3. The molecule has 0 radical (unpaired) electrons. The third-order valence-corrected chi connectivity index (χ3v) is 3.88. The van der Waals surface area contributed by atoms with Crippen LogP contribution in [-0.2, 0) is 0 Å². The lowest BCUT2D eigenvalue weighted by Crippen LogP contribution is -2.28. The van der Waals surface area contributed by atoms with Crippen LogP contribution in [0.3, 0.4) is 0 Å². The number of rotatable bonds is 4. The molecule has 2 rings (SSSR count). The molecule has 0 aliphatic rings. The van der Waals surface area contributed by atoms with Gasteiger partial charge in [0.15, 0.2) is 10.9 Å². The summed E-state index contributed by atoms with van der Waals surface area (Å²) in [6.45, 7) is 3.95. The fraction of sp³-hybridized carbons (Fsp3) is 0.267. The molecule has 21 heavy (non-hydrogen) atoms. The second-order valence-corrected chi connectivity index (χ2v) is 5.84. The molecule has 0 aliphatic carbocycles. The van der Waals surface area contributed by atoms with Gasteiger partial charge in [-0.2, -0.15) is 0 Å². The average Bonchev–Trinajstić information content (AvgIpc) is 2.48. The van der Waals surface area contributed by atoms with Crippen molar-refractivity contribution in [2.45, 2.75) is 25.0 Å². The summed E-state index contributed by atoms with van der Waals surface area (Å²) in [5.74, 6) is -0.300. The molecule has 0 spiro atoms. The molecule has 0 saturated heterocycles.